The summed E-state index contributed by atoms with van der Waals surface area (Å²) < 4.78 is 31.0. The first-order valence-electron chi connectivity index (χ1n) is 9.51. The fourth-order valence-electron chi connectivity index (χ4n) is 3.90. The molecule has 2 aromatic rings. The number of rotatable bonds is 5. The molecule has 2 fully saturated rings. The van der Waals surface area contributed by atoms with Crippen molar-refractivity contribution in [1.29, 1.82) is 0 Å². The Labute approximate surface area is 164 Å². The Morgan fingerprint density at radius 3 is 2.62 bits per heavy atom. The quantitative estimate of drug-likeness (QED) is 0.795. The summed E-state index contributed by atoms with van der Waals surface area (Å²) in [6, 6.07) is 2.62. The highest BCUT2D eigenvalue weighted by Crippen LogP contribution is 2.38. The molecule has 9 heteroatoms. The van der Waals surface area contributed by atoms with Gasteiger partial charge in [0.25, 0.3) is 0 Å². The molecule has 7 nitrogen and oxygen atoms in total. The summed E-state index contributed by atoms with van der Waals surface area (Å²) in [6.45, 7) is 1.72. The van der Waals surface area contributed by atoms with E-state index in [0.717, 1.165) is 18.9 Å². The summed E-state index contributed by atoms with van der Waals surface area (Å²) >= 11 is 0. The number of carbonyl (C=O) groups is 2. The van der Waals surface area contributed by atoms with E-state index in [1.54, 1.807) is 9.47 Å². The lowest BCUT2D eigenvalue weighted by Gasteiger charge is -2.21. The second kappa shape index (κ2) is 7.13. The molecule has 1 aliphatic carbocycles. The molecule has 0 unspecified atom stereocenters. The molecule has 1 amide bonds. The Morgan fingerprint density at radius 2 is 2.00 bits per heavy atom. The Morgan fingerprint density at radius 1 is 1.28 bits per heavy atom. The van der Waals surface area contributed by atoms with Crippen LogP contribution in [0.4, 0.5) is 14.5 Å². The van der Waals surface area contributed by atoms with Crippen LogP contribution in [0.15, 0.2) is 23.1 Å². The van der Waals surface area contributed by atoms with Crippen molar-refractivity contribution in [3.63, 3.8) is 0 Å². The molecule has 29 heavy (non-hydrogen) atoms. The van der Waals surface area contributed by atoms with Crippen molar-refractivity contribution in [2.45, 2.75) is 32.0 Å². The second-order valence-corrected chi connectivity index (χ2v) is 7.75. The van der Waals surface area contributed by atoms with E-state index < -0.39 is 34.9 Å². The number of hydrogen-bond donors (Lipinski definition) is 2. The first-order chi connectivity index (χ1) is 13.8. The number of amides is 1. The number of aromatic nitrogens is 1. The molecular weight excluding hydrogens is 384 g/mol. The SMILES string of the molecule is CC(=O)NC[C@@H]1CN(c2cc3c(cc2F)c(=O)c(C(=O)O)cn3C2CC2)C[C@@H]1F. The Bertz CT molecular complexity index is 1060. The van der Waals surface area contributed by atoms with E-state index in [1.807, 2.05) is 0 Å². The fourth-order valence-corrected chi connectivity index (χ4v) is 3.90. The predicted molar refractivity (Wildman–Crippen MR) is 103 cm³/mol. The highest BCUT2D eigenvalue weighted by Gasteiger charge is 2.35. The molecule has 2 N–H and O–H groups in total. The van der Waals surface area contributed by atoms with Crippen molar-refractivity contribution in [2.75, 3.05) is 24.5 Å². The third kappa shape index (κ3) is 3.56. The average molecular weight is 405 g/mol. The number of aromatic carboxylic acids is 1. The maximum absolute atomic E-state index is 14.9. The largest absolute Gasteiger partial charge is 0.477 e. The molecule has 2 atom stereocenters. The van der Waals surface area contributed by atoms with Gasteiger partial charge in [-0.3, -0.25) is 9.59 Å². The van der Waals surface area contributed by atoms with Gasteiger partial charge in [0.05, 0.1) is 11.2 Å². The van der Waals surface area contributed by atoms with E-state index in [4.69, 9.17) is 0 Å². The lowest BCUT2D eigenvalue weighted by Crippen LogP contribution is -2.31. The number of carboxylic acid groups (broad SMARTS) is 1. The van der Waals surface area contributed by atoms with Crippen LogP contribution >= 0.6 is 0 Å². The minimum atomic E-state index is -1.35. The average Bonchev–Trinajstić information content (AvgIpc) is 3.43. The van der Waals surface area contributed by atoms with Crippen LogP contribution in [0.2, 0.25) is 0 Å². The summed E-state index contributed by atoms with van der Waals surface area (Å²) in [5, 5.41) is 11.9. The van der Waals surface area contributed by atoms with E-state index in [-0.39, 0.29) is 42.7 Å². The molecular formula is C20H21F2N3O4. The van der Waals surface area contributed by atoms with Crippen LogP contribution < -0.4 is 15.6 Å². The van der Waals surface area contributed by atoms with Crippen LogP contribution in [0.5, 0.6) is 0 Å². The van der Waals surface area contributed by atoms with Gasteiger partial charge in [-0.05, 0) is 25.0 Å². The van der Waals surface area contributed by atoms with Gasteiger partial charge in [0.2, 0.25) is 11.3 Å². The van der Waals surface area contributed by atoms with Crippen molar-refractivity contribution in [3.05, 3.63) is 39.9 Å². The number of nitrogens with one attached hydrogen (secondary N) is 1. The van der Waals surface area contributed by atoms with Gasteiger partial charge in [-0.2, -0.15) is 0 Å². The van der Waals surface area contributed by atoms with Crippen LogP contribution in [0.3, 0.4) is 0 Å². The number of pyridine rings is 1. The van der Waals surface area contributed by atoms with Crippen LogP contribution in [-0.4, -0.2) is 47.4 Å². The van der Waals surface area contributed by atoms with E-state index in [1.165, 1.54) is 19.2 Å². The van der Waals surface area contributed by atoms with Crippen molar-refractivity contribution in [1.82, 2.24) is 9.88 Å². The molecule has 4 rings (SSSR count). The molecule has 154 valence electrons. The number of fused-ring (bicyclic) bond motifs is 1. The maximum atomic E-state index is 14.9. The topological polar surface area (TPSA) is 91.6 Å². The molecule has 1 aromatic carbocycles. The van der Waals surface area contributed by atoms with Crippen LogP contribution in [-0.2, 0) is 4.79 Å². The number of alkyl halides is 1. The highest BCUT2D eigenvalue weighted by atomic mass is 19.1. The molecule has 0 bridgehead atoms. The predicted octanol–water partition coefficient (Wildman–Crippen LogP) is 2.08. The third-order valence-corrected chi connectivity index (χ3v) is 5.59. The molecule has 1 aromatic heterocycles. The van der Waals surface area contributed by atoms with Gasteiger partial charge >= 0.3 is 5.97 Å². The number of nitrogens with zero attached hydrogens (tertiary/aromatic N) is 2. The van der Waals surface area contributed by atoms with Crippen molar-refractivity contribution in [2.24, 2.45) is 5.92 Å². The normalized spacial score (nSPS) is 21.6. The molecule has 2 aliphatic rings. The number of halogens is 2. The van der Waals surface area contributed by atoms with Crippen LogP contribution in [0.1, 0.15) is 36.2 Å². The lowest BCUT2D eigenvalue weighted by atomic mass is 10.1. The second-order valence-electron chi connectivity index (χ2n) is 7.75. The van der Waals surface area contributed by atoms with Gasteiger partial charge < -0.3 is 19.9 Å². The van der Waals surface area contributed by atoms with E-state index >= 15 is 0 Å². The summed E-state index contributed by atoms with van der Waals surface area (Å²) in [5.74, 6) is -2.77. The molecule has 1 saturated heterocycles. The van der Waals surface area contributed by atoms with E-state index in [2.05, 4.69) is 5.32 Å². The lowest BCUT2D eigenvalue weighted by molar-refractivity contribution is -0.119. The first kappa shape index (κ1) is 19.4. The number of carbonyl (C=O) groups excluding carboxylic acids is 1. The Kier molecular flexibility index (Phi) is 4.76. The van der Waals surface area contributed by atoms with Crippen molar-refractivity contribution in [3.8, 4) is 0 Å². The minimum Gasteiger partial charge on any atom is -0.477 e. The van der Waals surface area contributed by atoms with Crippen molar-refractivity contribution >= 4 is 28.5 Å². The highest BCUT2D eigenvalue weighted by molar-refractivity contribution is 5.93. The van der Waals surface area contributed by atoms with Crippen LogP contribution in [0, 0.1) is 11.7 Å². The summed E-state index contributed by atoms with van der Waals surface area (Å²) in [7, 11) is 0. The third-order valence-electron chi connectivity index (χ3n) is 5.59. The Balaban J connectivity index is 1.75. The van der Waals surface area contributed by atoms with Crippen LogP contribution in [0.25, 0.3) is 10.9 Å². The summed E-state index contributed by atoms with van der Waals surface area (Å²) in [6.07, 6.45) is 1.78. The van der Waals surface area contributed by atoms with E-state index in [9.17, 15) is 28.3 Å². The molecule has 1 aliphatic heterocycles. The number of anilines is 1. The first-order valence-corrected chi connectivity index (χ1v) is 9.51. The molecule has 2 heterocycles. The fraction of sp³-hybridized carbons (Fsp3) is 0.450. The van der Waals surface area contributed by atoms with Gasteiger partial charge in [0.1, 0.15) is 17.6 Å². The maximum Gasteiger partial charge on any atom is 0.341 e. The zero-order valence-corrected chi connectivity index (χ0v) is 15.8. The zero-order valence-electron chi connectivity index (χ0n) is 15.8. The summed E-state index contributed by atoms with van der Waals surface area (Å²) in [4.78, 5) is 36.6. The van der Waals surface area contributed by atoms with E-state index in [0.29, 0.717) is 5.52 Å². The molecule has 0 radical (unpaired) electrons. The van der Waals surface area contributed by atoms with Gasteiger partial charge in [-0.15, -0.1) is 0 Å². The number of carboxylic acids is 1. The number of hydrogen-bond acceptors (Lipinski definition) is 4. The zero-order chi connectivity index (χ0) is 20.9. The van der Waals surface area contributed by atoms with Gasteiger partial charge in [-0.1, -0.05) is 0 Å². The number of benzene rings is 1. The Hall–Kier alpha value is -2.97. The van der Waals surface area contributed by atoms with Gasteiger partial charge in [0, 0.05) is 50.1 Å². The van der Waals surface area contributed by atoms with Gasteiger partial charge in [0.15, 0.2) is 0 Å². The molecule has 1 saturated carbocycles. The minimum absolute atomic E-state index is 0.00356. The molecule has 0 spiro atoms. The smallest absolute Gasteiger partial charge is 0.341 e. The van der Waals surface area contributed by atoms with Crippen molar-refractivity contribution < 1.29 is 23.5 Å². The summed E-state index contributed by atoms with van der Waals surface area (Å²) in [5.41, 5.74) is -0.512. The monoisotopic (exact) mass is 405 g/mol. The standard InChI is InChI=1S/C20H21F2N3O4/c1-10(26)23-6-11-7-24(9-16(11)22)18-5-17-13(4-15(18)21)19(27)14(20(28)29)8-25(17)12-2-3-12/h4-5,8,11-12,16H,2-3,6-7,9H2,1H3,(H,23,26)(H,28,29)/t11-,16+/m1/s1. The van der Waals surface area contributed by atoms with Gasteiger partial charge in [-0.25, -0.2) is 13.6 Å².